The van der Waals surface area contributed by atoms with Gasteiger partial charge >= 0.3 is 0 Å². The summed E-state index contributed by atoms with van der Waals surface area (Å²) in [5.41, 5.74) is 1.60. The first kappa shape index (κ1) is 11.6. The lowest BCUT2D eigenvalue weighted by molar-refractivity contribution is -0.209. The quantitative estimate of drug-likeness (QED) is 0.644. The fourth-order valence-electron chi connectivity index (χ4n) is 2.22. The number of imidazole rings is 1. The molecule has 1 aromatic carbocycles. The van der Waals surface area contributed by atoms with Gasteiger partial charge in [0.2, 0.25) is 0 Å². The third-order valence-corrected chi connectivity index (χ3v) is 3.23. The zero-order valence-corrected chi connectivity index (χ0v) is 9.55. The van der Waals surface area contributed by atoms with Crippen LogP contribution in [0.1, 0.15) is 6.23 Å². The molecule has 0 saturated carbocycles. The normalized spacial score (nSPS) is 32.8. The van der Waals surface area contributed by atoms with Gasteiger partial charge < -0.3 is 24.6 Å². The molecule has 1 aliphatic heterocycles. The fraction of sp³-hybridized carbons (Fsp3) is 0.417. The van der Waals surface area contributed by atoms with Gasteiger partial charge in [0.1, 0.15) is 18.3 Å². The van der Waals surface area contributed by atoms with Crippen LogP contribution in [-0.2, 0) is 4.74 Å². The minimum atomic E-state index is -1.22. The number of ether oxygens (including phenoxy) is 1. The molecule has 2 heterocycles. The average molecular weight is 250 g/mol. The highest BCUT2D eigenvalue weighted by molar-refractivity contribution is 5.75. The molecule has 6 nitrogen and oxygen atoms in total. The van der Waals surface area contributed by atoms with E-state index in [4.69, 9.17) is 4.74 Å². The summed E-state index contributed by atoms with van der Waals surface area (Å²) in [5, 5.41) is 29.0. The summed E-state index contributed by atoms with van der Waals surface area (Å²) in [6, 6.07) is 7.44. The van der Waals surface area contributed by atoms with Crippen molar-refractivity contribution in [1.29, 1.82) is 0 Å². The topological polar surface area (TPSA) is 87.7 Å². The summed E-state index contributed by atoms with van der Waals surface area (Å²) in [5.74, 6) is 0. The van der Waals surface area contributed by atoms with Crippen LogP contribution in [0.2, 0.25) is 0 Å². The number of nitrogens with zero attached hydrogens (tertiary/aromatic N) is 2. The SMILES string of the molecule is O[C@@H]1[C@@H](O)[C@H](n2cnc3ccccc32)OC[C@H]1O. The lowest BCUT2D eigenvalue weighted by atomic mass is 10.0. The van der Waals surface area contributed by atoms with Crippen LogP contribution in [0, 0.1) is 0 Å². The molecule has 18 heavy (non-hydrogen) atoms. The predicted octanol–water partition coefficient (Wildman–Crippen LogP) is -0.352. The minimum absolute atomic E-state index is 0.0185. The van der Waals surface area contributed by atoms with E-state index in [1.165, 1.54) is 0 Å². The number of aromatic nitrogens is 2. The van der Waals surface area contributed by atoms with E-state index in [9.17, 15) is 15.3 Å². The molecule has 4 atom stereocenters. The number of aliphatic hydroxyl groups is 3. The Bertz CT molecular complexity index is 556. The van der Waals surface area contributed by atoms with Crippen molar-refractivity contribution in [3.63, 3.8) is 0 Å². The van der Waals surface area contributed by atoms with Crippen LogP contribution in [-0.4, -0.2) is 49.8 Å². The van der Waals surface area contributed by atoms with Crippen LogP contribution in [0.5, 0.6) is 0 Å². The summed E-state index contributed by atoms with van der Waals surface area (Å²) in [4.78, 5) is 4.20. The second kappa shape index (κ2) is 4.33. The minimum Gasteiger partial charge on any atom is -0.388 e. The molecule has 6 heteroatoms. The standard InChI is InChI=1S/C12H14N2O4/c15-9-5-18-12(11(17)10(9)16)14-6-13-7-3-1-2-4-8(7)14/h1-4,6,9-12,15-17H,5H2/t9-,10+,11-,12-/m1/s1. The second-order valence-corrected chi connectivity index (χ2v) is 4.41. The van der Waals surface area contributed by atoms with Crippen molar-refractivity contribution in [2.24, 2.45) is 0 Å². The summed E-state index contributed by atoms with van der Waals surface area (Å²) >= 11 is 0. The lowest BCUT2D eigenvalue weighted by Crippen LogP contribution is -2.50. The first-order chi connectivity index (χ1) is 8.68. The number of fused-ring (bicyclic) bond motifs is 1. The number of benzene rings is 1. The van der Waals surface area contributed by atoms with E-state index >= 15 is 0 Å². The van der Waals surface area contributed by atoms with E-state index in [2.05, 4.69) is 4.98 Å². The molecule has 0 unspecified atom stereocenters. The van der Waals surface area contributed by atoms with Crippen molar-refractivity contribution in [2.45, 2.75) is 24.5 Å². The van der Waals surface area contributed by atoms with E-state index in [0.717, 1.165) is 11.0 Å². The number of rotatable bonds is 1. The van der Waals surface area contributed by atoms with Gasteiger partial charge in [-0.2, -0.15) is 0 Å². The van der Waals surface area contributed by atoms with Crippen LogP contribution >= 0.6 is 0 Å². The molecule has 1 fully saturated rings. The van der Waals surface area contributed by atoms with Crippen molar-refractivity contribution in [3.05, 3.63) is 30.6 Å². The van der Waals surface area contributed by atoms with E-state index in [1.807, 2.05) is 24.3 Å². The second-order valence-electron chi connectivity index (χ2n) is 4.41. The van der Waals surface area contributed by atoms with Crippen LogP contribution < -0.4 is 0 Å². The van der Waals surface area contributed by atoms with Gasteiger partial charge in [-0.3, -0.25) is 0 Å². The zero-order chi connectivity index (χ0) is 12.7. The zero-order valence-electron chi connectivity index (χ0n) is 9.55. The molecule has 1 saturated heterocycles. The third-order valence-electron chi connectivity index (χ3n) is 3.23. The maximum atomic E-state index is 9.96. The first-order valence-electron chi connectivity index (χ1n) is 5.76. The van der Waals surface area contributed by atoms with Crippen molar-refractivity contribution >= 4 is 11.0 Å². The average Bonchev–Trinajstić information content (AvgIpc) is 2.80. The Hall–Kier alpha value is -1.47. The third kappa shape index (κ3) is 1.70. The molecule has 1 aliphatic rings. The lowest BCUT2D eigenvalue weighted by Gasteiger charge is -2.35. The number of hydrogen-bond donors (Lipinski definition) is 3. The van der Waals surface area contributed by atoms with Crippen molar-refractivity contribution in [1.82, 2.24) is 9.55 Å². The maximum Gasteiger partial charge on any atom is 0.164 e. The fourth-order valence-corrected chi connectivity index (χ4v) is 2.22. The predicted molar refractivity (Wildman–Crippen MR) is 62.7 cm³/mol. The molecule has 1 aromatic heterocycles. The highest BCUT2D eigenvalue weighted by atomic mass is 16.5. The summed E-state index contributed by atoms with van der Waals surface area (Å²) in [6.07, 6.45) is -2.65. The van der Waals surface area contributed by atoms with Gasteiger partial charge in [0.15, 0.2) is 6.23 Å². The Kier molecular flexibility index (Phi) is 2.79. The molecule has 0 aliphatic carbocycles. The number of aliphatic hydroxyl groups excluding tert-OH is 3. The Labute approximate surface area is 103 Å². The monoisotopic (exact) mass is 250 g/mol. The van der Waals surface area contributed by atoms with Gasteiger partial charge in [0.05, 0.1) is 24.0 Å². The number of hydrogen-bond acceptors (Lipinski definition) is 5. The molecule has 3 rings (SSSR count). The van der Waals surface area contributed by atoms with E-state index in [1.54, 1.807) is 10.9 Å². The summed E-state index contributed by atoms with van der Waals surface area (Å²) in [7, 11) is 0. The van der Waals surface area contributed by atoms with Crippen molar-refractivity contribution < 1.29 is 20.1 Å². The van der Waals surface area contributed by atoms with Crippen LogP contribution in [0.4, 0.5) is 0 Å². The smallest absolute Gasteiger partial charge is 0.164 e. The molecular formula is C12H14N2O4. The van der Waals surface area contributed by atoms with Gasteiger partial charge in [-0.15, -0.1) is 0 Å². The largest absolute Gasteiger partial charge is 0.388 e. The molecule has 0 spiro atoms. The Morgan fingerprint density at radius 1 is 1.17 bits per heavy atom. The maximum absolute atomic E-state index is 9.96. The first-order valence-corrected chi connectivity index (χ1v) is 5.76. The molecule has 2 aromatic rings. The Morgan fingerprint density at radius 2 is 1.94 bits per heavy atom. The van der Waals surface area contributed by atoms with E-state index in [0.29, 0.717) is 0 Å². The van der Waals surface area contributed by atoms with Gasteiger partial charge in [0, 0.05) is 0 Å². The summed E-state index contributed by atoms with van der Waals surface area (Å²) in [6.45, 7) is -0.0185. The van der Waals surface area contributed by atoms with Crippen LogP contribution in [0.15, 0.2) is 30.6 Å². The molecule has 0 bridgehead atoms. The molecule has 3 N–H and O–H groups in total. The van der Waals surface area contributed by atoms with Gasteiger partial charge in [-0.25, -0.2) is 4.98 Å². The summed E-state index contributed by atoms with van der Waals surface area (Å²) < 4.78 is 7.05. The molecule has 0 amide bonds. The highest BCUT2D eigenvalue weighted by Crippen LogP contribution is 2.27. The molecule has 0 radical (unpaired) electrons. The van der Waals surface area contributed by atoms with Crippen LogP contribution in [0.25, 0.3) is 11.0 Å². The van der Waals surface area contributed by atoms with Crippen molar-refractivity contribution in [2.75, 3.05) is 6.61 Å². The van der Waals surface area contributed by atoms with E-state index < -0.39 is 24.5 Å². The number of para-hydroxylation sites is 2. The van der Waals surface area contributed by atoms with E-state index in [-0.39, 0.29) is 6.61 Å². The molecule has 96 valence electrons. The highest BCUT2D eigenvalue weighted by Gasteiger charge is 2.38. The van der Waals surface area contributed by atoms with Crippen molar-refractivity contribution in [3.8, 4) is 0 Å². The van der Waals surface area contributed by atoms with Gasteiger partial charge in [-0.1, -0.05) is 12.1 Å². The Balaban J connectivity index is 1.99. The Morgan fingerprint density at radius 3 is 2.78 bits per heavy atom. The molecular weight excluding hydrogens is 236 g/mol. The van der Waals surface area contributed by atoms with Gasteiger partial charge in [0.25, 0.3) is 0 Å². The van der Waals surface area contributed by atoms with Gasteiger partial charge in [-0.05, 0) is 12.1 Å². The van der Waals surface area contributed by atoms with Crippen LogP contribution in [0.3, 0.4) is 0 Å².